The standard InChI is InChI=1S/C18H22ClN7O3S/c1-11(2)26-17(13-5-7-20-8-6-13)23-24-18(26)25-30(27,28)12(3)15(29-4)16-21-9-14(19)10-22-16/h5-12,15H,1-4H3,(H,24,25). The van der Waals surface area contributed by atoms with Crippen LogP contribution in [0.4, 0.5) is 5.95 Å². The highest BCUT2D eigenvalue weighted by atomic mass is 35.5. The minimum atomic E-state index is -3.93. The van der Waals surface area contributed by atoms with E-state index in [1.807, 2.05) is 13.8 Å². The number of nitrogens with one attached hydrogen (secondary N) is 1. The Labute approximate surface area is 179 Å². The Morgan fingerprint density at radius 1 is 1.10 bits per heavy atom. The van der Waals surface area contributed by atoms with Crippen molar-refractivity contribution in [3.63, 3.8) is 0 Å². The van der Waals surface area contributed by atoms with Crippen LogP contribution in [0, 0.1) is 0 Å². The molecular formula is C18H22ClN7O3S. The van der Waals surface area contributed by atoms with Crippen LogP contribution in [0.2, 0.25) is 5.02 Å². The maximum absolute atomic E-state index is 13.1. The second kappa shape index (κ2) is 9.02. The summed E-state index contributed by atoms with van der Waals surface area (Å²) < 4.78 is 35.8. The number of pyridine rings is 1. The molecule has 3 rings (SSSR count). The zero-order chi connectivity index (χ0) is 21.9. The van der Waals surface area contributed by atoms with Gasteiger partial charge in [0.05, 0.1) is 5.02 Å². The third kappa shape index (κ3) is 4.58. The van der Waals surface area contributed by atoms with Crippen LogP contribution in [0.25, 0.3) is 11.4 Å². The van der Waals surface area contributed by atoms with Gasteiger partial charge in [-0.3, -0.25) is 14.3 Å². The van der Waals surface area contributed by atoms with E-state index in [1.165, 1.54) is 26.4 Å². The first-order chi connectivity index (χ1) is 14.2. The Balaban J connectivity index is 1.92. The highest BCUT2D eigenvalue weighted by molar-refractivity contribution is 7.93. The minimum absolute atomic E-state index is 0.103. The summed E-state index contributed by atoms with van der Waals surface area (Å²) in [5, 5.41) is 7.56. The lowest BCUT2D eigenvalue weighted by Crippen LogP contribution is -2.33. The van der Waals surface area contributed by atoms with Crippen molar-refractivity contribution in [3.05, 3.63) is 47.8 Å². The third-order valence-corrected chi connectivity index (χ3v) is 6.34. The van der Waals surface area contributed by atoms with Crippen molar-refractivity contribution in [2.24, 2.45) is 0 Å². The Morgan fingerprint density at radius 3 is 2.30 bits per heavy atom. The molecule has 0 fully saturated rings. The number of anilines is 1. The van der Waals surface area contributed by atoms with E-state index in [2.05, 4.69) is 29.9 Å². The molecule has 30 heavy (non-hydrogen) atoms. The van der Waals surface area contributed by atoms with Gasteiger partial charge in [0.2, 0.25) is 16.0 Å². The monoisotopic (exact) mass is 451 g/mol. The first kappa shape index (κ1) is 22.1. The third-order valence-electron chi connectivity index (χ3n) is 4.45. The minimum Gasteiger partial charge on any atom is -0.372 e. The second-order valence-corrected chi connectivity index (χ2v) is 9.29. The molecule has 0 aliphatic heterocycles. The fourth-order valence-corrected chi connectivity index (χ4v) is 4.14. The van der Waals surface area contributed by atoms with Gasteiger partial charge < -0.3 is 4.74 Å². The highest BCUT2D eigenvalue weighted by Gasteiger charge is 2.34. The number of hydrogen-bond acceptors (Lipinski definition) is 8. The predicted molar refractivity (Wildman–Crippen MR) is 112 cm³/mol. The first-order valence-corrected chi connectivity index (χ1v) is 11.0. The number of sulfonamides is 1. The lowest BCUT2D eigenvalue weighted by Gasteiger charge is -2.22. The zero-order valence-electron chi connectivity index (χ0n) is 16.9. The van der Waals surface area contributed by atoms with Crippen LogP contribution in [-0.2, 0) is 14.8 Å². The van der Waals surface area contributed by atoms with Crippen LogP contribution in [0.5, 0.6) is 0 Å². The molecule has 160 valence electrons. The fourth-order valence-electron chi connectivity index (χ4n) is 2.91. The highest BCUT2D eigenvalue weighted by Crippen LogP contribution is 2.28. The lowest BCUT2D eigenvalue weighted by molar-refractivity contribution is 0.0950. The molecule has 0 amide bonds. The molecule has 1 N–H and O–H groups in total. The predicted octanol–water partition coefficient (Wildman–Crippen LogP) is 2.88. The normalized spacial score (nSPS) is 13.9. The molecule has 0 bridgehead atoms. The van der Waals surface area contributed by atoms with Crippen molar-refractivity contribution in [2.45, 2.75) is 38.2 Å². The summed E-state index contributed by atoms with van der Waals surface area (Å²) in [6, 6.07) is 3.46. The smallest absolute Gasteiger partial charge is 0.240 e. The largest absolute Gasteiger partial charge is 0.372 e. The number of nitrogens with zero attached hydrogens (tertiary/aromatic N) is 6. The van der Waals surface area contributed by atoms with Gasteiger partial charge in [0.25, 0.3) is 0 Å². The Morgan fingerprint density at radius 2 is 1.73 bits per heavy atom. The Kier molecular flexibility index (Phi) is 6.64. The van der Waals surface area contributed by atoms with Gasteiger partial charge in [-0.15, -0.1) is 10.2 Å². The van der Waals surface area contributed by atoms with E-state index in [0.29, 0.717) is 10.8 Å². The number of ether oxygens (including phenoxy) is 1. The number of methoxy groups -OCH3 is 1. The average Bonchev–Trinajstić information content (AvgIpc) is 3.13. The van der Waals surface area contributed by atoms with E-state index >= 15 is 0 Å². The summed E-state index contributed by atoms with van der Waals surface area (Å²) in [5.74, 6) is 0.847. The van der Waals surface area contributed by atoms with Crippen LogP contribution >= 0.6 is 11.6 Å². The second-order valence-electron chi connectivity index (χ2n) is 6.81. The number of rotatable bonds is 8. The number of aromatic nitrogens is 6. The van der Waals surface area contributed by atoms with Crippen molar-refractivity contribution in [2.75, 3.05) is 11.8 Å². The topological polar surface area (TPSA) is 125 Å². The molecule has 2 atom stereocenters. The van der Waals surface area contributed by atoms with E-state index < -0.39 is 21.4 Å². The van der Waals surface area contributed by atoms with Crippen molar-refractivity contribution in [1.29, 1.82) is 0 Å². The molecule has 0 aliphatic carbocycles. The van der Waals surface area contributed by atoms with E-state index in [9.17, 15) is 8.42 Å². The van der Waals surface area contributed by atoms with Crippen molar-refractivity contribution in [3.8, 4) is 11.4 Å². The fraction of sp³-hybridized carbons (Fsp3) is 0.389. The van der Waals surface area contributed by atoms with Gasteiger partial charge in [-0.2, -0.15) is 0 Å². The summed E-state index contributed by atoms with van der Waals surface area (Å²) >= 11 is 5.82. The molecule has 3 aromatic rings. The van der Waals surface area contributed by atoms with E-state index in [4.69, 9.17) is 16.3 Å². The van der Waals surface area contributed by atoms with Crippen molar-refractivity contribution in [1.82, 2.24) is 29.7 Å². The van der Waals surface area contributed by atoms with E-state index in [0.717, 1.165) is 5.56 Å². The molecule has 0 spiro atoms. The van der Waals surface area contributed by atoms with Crippen LogP contribution in [0.15, 0.2) is 36.9 Å². The van der Waals surface area contributed by atoms with Gasteiger partial charge >= 0.3 is 0 Å². The SMILES string of the molecule is COC(c1ncc(Cl)cn1)C(C)S(=O)(=O)Nc1nnc(-c2ccncc2)n1C(C)C. The summed E-state index contributed by atoms with van der Waals surface area (Å²) in [7, 11) is -2.54. The molecule has 3 aromatic heterocycles. The first-order valence-electron chi connectivity index (χ1n) is 9.11. The van der Waals surface area contributed by atoms with Gasteiger partial charge in [-0.1, -0.05) is 11.6 Å². The zero-order valence-corrected chi connectivity index (χ0v) is 18.5. The summed E-state index contributed by atoms with van der Waals surface area (Å²) in [4.78, 5) is 12.2. The van der Waals surface area contributed by atoms with Crippen LogP contribution in [-0.4, -0.2) is 50.5 Å². The van der Waals surface area contributed by atoms with Gasteiger partial charge in [-0.05, 0) is 32.9 Å². The van der Waals surface area contributed by atoms with Crippen LogP contribution < -0.4 is 4.72 Å². The maximum Gasteiger partial charge on any atom is 0.240 e. The number of hydrogen-bond donors (Lipinski definition) is 1. The Bertz CT molecular complexity index is 1090. The van der Waals surface area contributed by atoms with Crippen LogP contribution in [0.3, 0.4) is 0 Å². The van der Waals surface area contributed by atoms with E-state index in [-0.39, 0.29) is 17.8 Å². The quantitative estimate of drug-likeness (QED) is 0.554. The van der Waals surface area contributed by atoms with Crippen LogP contribution in [0.1, 0.15) is 38.7 Å². The number of halogens is 1. The molecule has 0 aromatic carbocycles. The lowest BCUT2D eigenvalue weighted by atomic mass is 10.2. The Hall–Kier alpha value is -2.63. The van der Waals surface area contributed by atoms with Crippen molar-refractivity contribution < 1.29 is 13.2 Å². The molecule has 0 radical (unpaired) electrons. The van der Waals surface area contributed by atoms with E-state index in [1.54, 1.807) is 29.1 Å². The van der Waals surface area contributed by atoms with Gasteiger partial charge in [0.1, 0.15) is 11.4 Å². The average molecular weight is 452 g/mol. The van der Waals surface area contributed by atoms with Gasteiger partial charge in [-0.25, -0.2) is 18.4 Å². The maximum atomic E-state index is 13.1. The molecule has 2 unspecified atom stereocenters. The van der Waals surface area contributed by atoms with Crippen molar-refractivity contribution >= 4 is 27.6 Å². The summed E-state index contributed by atoms with van der Waals surface area (Å²) in [6.07, 6.45) is 5.14. The molecular weight excluding hydrogens is 430 g/mol. The summed E-state index contributed by atoms with van der Waals surface area (Å²) in [5.41, 5.74) is 0.772. The molecule has 0 aliphatic rings. The molecule has 0 saturated heterocycles. The molecule has 0 saturated carbocycles. The van der Waals surface area contributed by atoms with Gasteiger partial charge in [0.15, 0.2) is 11.6 Å². The molecule has 12 heteroatoms. The molecule has 3 heterocycles. The summed E-state index contributed by atoms with van der Waals surface area (Å²) in [6.45, 7) is 5.33. The van der Waals surface area contributed by atoms with Gasteiger partial charge in [0, 0.05) is 43.5 Å². The molecule has 10 nitrogen and oxygen atoms in total.